The minimum atomic E-state index is -1.06. The van der Waals surface area contributed by atoms with E-state index in [-0.39, 0.29) is 55.0 Å². The van der Waals surface area contributed by atoms with E-state index in [0.29, 0.717) is 56.2 Å². The van der Waals surface area contributed by atoms with Gasteiger partial charge in [-0.15, -0.1) is 0 Å². The summed E-state index contributed by atoms with van der Waals surface area (Å²) in [5, 5.41) is 23.3. The average Bonchev–Trinajstić information content (AvgIpc) is 3.09. The Bertz CT molecular complexity index is 1250. The van der Waals surface area contributed by atoms with Gasteiger partial charge in [-0.25, -0.2) is 4.79 Å². The summed E-state index contributed by atoms with van der Waals surface area (Å²) in [6.07, 6.45) is 3.90. The molecule has 5 N–H and O–H groups in total. The first kappa shape index (κ1) is 48.4. The van der Waals surface area contributed by atoms with Gasteiger partial charge in [-0.2, -0.15) is 0 Å². The maximum Gasteiger partial charge on any atom is 0.407 e. The zero-order valence-corrected chi connectivity index (χ0v) is 34.8. The Morgan fingerprint density at radius 2 is 1.46 bits per heavy atom. The van der Waals surface area contributed by atoms with Crippen LogP contribution in [0, 0.1) is 23.7 Å². The van der Waals surface area contributed by atoms with Crippen molar-refractivity contribution in [2.24, 2.45) is 23.7 Å². The lowest BCUT2D eigenvalue weighted by Gasteiger charge is -2.33. The van der Waals surface area contributed by atoms with Crippen LogP contribution in [0.25, 0.3) is 0 Å². The van der Waals surface area contributed by atoms with E-state index in [9.17, 15) is 24.3 Å². The molecule has 0 radical (unpaired) electrons. The summed E-state index contributed by atoms with van der Waals surface area (Å²) < 4.78 is 22.5. The van der Waals surface area contributed by atoms with Crippen molar-refractivity contribution < 1.29 is 43.2 Å². The predicted octanol–water partition coefficient (Wildman–Crippen LogP) is 6.01. The number of unbranched alkanes of at least 4 members (excludes halogenated alkanes) is 3. The van der Waals surface area contributed by atoms with E-state index >= 15 is 0 Å². The number of hydrogen-bond donors (Lipinski definition) is 5. The maximum atomic E-state index is 13.7. The van der Waals surface area contributed by atoms with Crippen molar-refractivity contribution in [1.29, 1.82) is 0 Å². The van der Waals surface area contributed by atoms with Gasteiger partial charge in [-0.1, -0.05) is 54.4 Å². The zero-order chi connectivity index (χ0) is 40.7. The molecule has 13 heteroatoms. The first-order valence-electron chi connectivity index (χ1n) is 19.9. The summed E-state index contributed by atoms with van der Waals surface area (Å²) in [5.41, 5.74) is -0.447. The smallest absolute Gasteiger partial charge is 0.407 e. The topological polar surface area (TPSA) is 174 Å². The molecule has 1 aromatic carbocycles. The fourth-order valence-corrected chi connectivity index (χ4v) is 5.67. The molecule has 13 nitrogen and oxygen atoms in total. The zero-order valence-electron chi connectivity index (χ0n) is 34.8. The van der Waals surface area contributed by atoms with Gasteiger partial charge in [0.2, 0.25) is 5.91 Å². The van der Waals surface area contributed by atoms with Gasteiger partial charge in [0.05, 0.1) is 24.3 Å². The monoisotopic (exact) mass is 765 g/mol. The highest BCUT2D eigenvalue weighted by atomic mass is 16.6. The number of carbonyl (C=O) groups is 4. The van der Waals surface area contributed by atoms with Crippen LogP contribution in [0.4, 0.5) is 4.79 Å². The molecule has 0 fully saturated rings. The summed E-state index contributed by atoms with van der Waals surface area (Å²) in [7, 11) is 1.64. The number of carbonyl (C=O) groups excluding carboxylic acids is 4. The summed E-state index contributed by atoms with van der Waals surface area (Å²) in [4.78, 5) is 52.1. The number of nitrogens with one attached hydrogen (secondary N) is 4. The van der Waals surface area contributed by atoms with Gasteiger partial charge in [0.25, 0.3) is 11.8 Å². The van der Waals surface area contributed by atoms with Crippen LogP contribution < -0.4 is 30.7 Å². The van der Waals surface area contributed by atoms with Crippen molar-refractivity contribution in [3.05, 3.63) is 23.8 Å². The number of rotatable bonds is 27. The summed E-state index contributed by atoms with van der Waals surface area (Å²) in [5.74, 6) is -0.624. The second-order valence-electron chi connectivity index (χ2n) is 15.7. The standard InChI is InChI=1S/C41H72N4O9/c1-11-13-19-42-37(47)27-53-31-17-18-32(36(24-31)52-22-16-15-21-51-10)38(48)44-26-30(28(3)4)23-34(45-40(50)54-41(7,8)9)35(46)25-33(29(5)6)39(49)43-20-14-12-2/h17-18,24,28-30,33-35,46H,11-16,19-23,25-27H2,1-10H3,(H,42,47)(H,43,49)(H,44,48)(H,45,50). The van der Waals surface area contributed by atoms with Crippen molar-refractivity contribution in [2.45, 2.75) is 131 Å². The molecule has 0 aliphatic rings. The van der Waals surface area contributed by atoms with Crippen LogP contribution in [-0.4, -0.2) is 93.2 Å². The molecule has 1 rings (SSSR count). The average molecular weight is 765 g/mol. The molecule has 4 atom stereocenters. The summed E-state index contributed by atoms with van der Waals surface area (Å²) in [6, 6.07) is 4.11. The van der Waals surface area contributed by atoms with Gasteiger partial charge in [0.1, 0.15) is 17.1 Å². The van der Waals surface area contributed by atoms with Crippen molar-refractivity contribution >= 4 is 23.8 Å². The molecule has 0 spiro atoms. The number of aliphatic hydroxyl groups excluding tert-OH is 1. The minimum absolute atomic E-state index is 0.0419. The molecule has 4 unspecified atom stereocenters. The Balaban J connectivity index is 3.22. The Morgan fingerprint density at radius 1 is 0.815 bits per heavy atom. The van der Waals surface area contributed by atoms with Gasteiger partial charge in [-0.05, 0) is 89.2 Å². The van der Waals surface area contributed by atoms with Crippen molar-refractivity contribution in [3.8, 4) is 11.5 Å². The molecular formula is C41H72N4O9. The Morgan fingerprint density at radius 3 is 2.06 bits per heavy atom. The number of alkyl carbamates (subject to hydrolysis) is 1. The molecule has 0 aliphatic heterocycles. The third-order valence-corrected chi connectivity index (χ3v) is 9.08. The van der Waals surface area contributed by atoms with Crippen LogP contribution >= 0.6 is 0 Å². The van der Waals surface area contributed by atoms with Gasteiger partial charge < -0.3 is 45.3 Å². The summed E-state index contributed by atoms with van der Waals surface area (Å²) >= 11 is 0. The van der Waals surface area contributed by atoms with Crippen LogP contribution in [0.15, 0.2) is 18.2 Å². The second-order valence-corrected chi connectivity index (χ2v) is 15.7. The third-order valence-electron chi connectivity index (χ3n) is 9.08. The molecule has 0 aromatic heterocycles. The molecule has 0 heterocycles. The first-order valence-corrected chi connectivity index (χ1v) is 19.9. The highest BCUT2D eigenvalue weighted by molar-refractivity contribution is 5.97. The van der Waals surface area contributed by atoms with E-state index in [4.69, 9.17) is 18.9 Å². The van der Waals surface area contributed by atoms with Gasteiger partial charge >= 0.3 is 6.09 Å². The molecule has 0 aliphatic carbocycles. The number of benzene rings is 1. The fraction of sp³-hybridized carbons (Fsp3) is 0.756. The van der Waals surface area contributed by atoms with Crippen LogP contribution in [0.1, 0.15) is 124 Å². The maximum absolute atomic E-state index is 13.7. The molecule has 54 heavy (non-hydrogen) atoms. The van der Waals surface area contributed by atoms with Crippen molar-refractivity contribution in [2.75, 3.05) is 46.6 Å². The predicted molar refractivity (Wildman–Crippen MR) is 212 cm³/mol. The largest absolute Gasteiger partial charge is 0.493 e. The first-order chi connectivity index (χ1) is 25.5. The van der Waals surface area contributed by atoms with E-state index in [1.54, 1.807) is 46.1 Å². The third kappa shape index (κ3) is 20.2. The van der Waals surface area contributed by atoms with E-state index in [1.807, 2.05) is 34.6 Å². The number of aliphatic hydroxyl groups is 1. The number of hydrogen-bond acceptors (Lipinski definition) is 9. The quantitative estimate of drug-likeness (QED) is 0.0673. The summed E-state index contributed by atoms with van der Waals surface area (Å²) in [6.45, 7) is 19.5. The lowest BCUT2D eigenvalue weighted by atomic mass is 9.82. The van der Waals surface area contributed by atoms with E-state index < -0.39 is 29.8 Å². The molecule has 0 saturated heterocycles. The molecule has 1 aromatic rings. The van der Waals surface area contributed by atoms with E-state index in [2.05, 4.69) is 28.2 Å². The molecule has 310 valence electrons. The lowest BCUT2D eigenvalue weighted by molar-refractivity contribution is -0.127. The van der Waals surface area contributed by atoms with Crippen molar-refractivity contribution in [3.63, 3.8) is 0 Å². The highest BCUT2D eigenvalue weighted by Gasteiger charge is 2.33. The number of methoxy groups -OCH3 is 1. The molecule has 0 bridgehead atoms. The van der Waals surface area contributed by atoms with E-state index in [0.717, 1.165) is 32.1 Å². The van der Waals surface area contributed by atoms with Gasteiger partial charge in [0.15, 0.2) is 6.61 Å². The van der Waals surface area contributed by atoms with E-state index in [1.165, 1.54) is 0 Å². The van der Waals surface area contributed by atoms with Crippen LogP contribution in [-0.2, 0) is 19.1 Å². The molecule has 4 amide bonds. The van der Waals surface area contributed by atoms with Crippen LogP contribution in [0.5, 0.6) is 11.5 Å². The Labute approximate surface area is 324 Å². The van der Waals surface area contributed by atoms with Crippen molar-refractivity contribution in [1.82, 2.24) is 21.3 Å². The Hall–Kier alpha value is -3.58. The lowest BCUT2D eigenvalue weighted by Crippen LogP contribution is -2.49. The number of ether oxygens (including phenoxy) is 4. The molecule has 0 saturated carbocycles. The minimum Gasteiger partial charge on any atom is -0.493 e. The van der Waals surface area contributed by atoms with Gasteiger partial charge in [-0.3, -0.25) is 14.4 Å². The highest BCUT2D eigenvalue weighted by Crippen LogP contribution is 2.27. The van der Waals surface area contributed by atoms with Crippen LogP contribution in [0.3, 0.4) is 0 Å². The SMILES string of the molecule is CCCCNC(=O)COc1ccc(C(=O)NCC(CC(NC(=O)OC(C)(C)C)C(O)CC(C(=O)NCCCC)C(C)C)C(C)C)c(OCCCCOC)c1. The number of amides is 4. The Kier molecular flexibility index (Phi) is 23.6. The normalized spacial score (nSPS) is 13.8. The fourth-order valence-electron chi connectivity index (χ4n) is 5.67. The molecular weight excluding hydrogens is 692 g/mol. The second kappa shape index (κ2) is 26.3. The van der Waals surface area contributed by atoms with Gasteiger partial charge in [0, 0.05) is 45.3 Å². The van der Waals surface area contributed by atoms with Crippen LogP contribution in [0.2, 0.25) is 0 Å².